The zero-order valence-corrected chi connectivity index (χ0v) is 76.4. The Labute approximate surface area is 809 Å². The van der Waals surface area contributed by atoms with Crippen molar-refractivity contribution in [2.45, 2.75) is 0 Å². The summed E-state index contributed by atoms with van der Waals surface area (Å²) in [6, 6.07) is 182. The van der Waals surface area contributed by atoms with Crippen molar-refractivity contribution in [3.63, 3.8) is 0 Å². The van der Waals surface area contributed by atoms with Gasteiger partial charge in [-0.3, -0.25) is 0 Å². The SMILES string of the molecule is c1ccc(-n2c3ccccc3c3c(-c4ccc(-c5ccc6c(c5)oc5c7ccccc7n(-c7ccccc7)c65)cc4)cccc32)cc1.c1ccc(-n2c3ccccc3c3cc(-c4ccc(-c5ccc6c(c5)oc5c7ccccc7n(-c7ccccc7)c65)cc4)ccc32)cc1.c1ccc(-n2c3ccccc3c3cccc(-c4ccc(-c5ccc6oc7c8ccccc8n(-c8ccccc8)c7c6c5)cc4)c32)cc1. The molecule has 21 aromatic carbocycles. The van der Waals surface area contributed by atoms with E-state index in [-0.39, 0.29) is 0 Å². The van der Waals surface area contributed by atoms with Crippen LogP contribution in [0.25, 0.3) is 265 Å². The maximum absolute atomic E-state index is 6.63. The quantitative estimate of drug-likeness (QED) is 0.122. The van der Waals surface area contributed by atoms with E-state index in [2.05, 4.69) is 537 Å². The van der Waals surface area contributed by atoms with Crippen LogP contribution in [-0.2, 0) is 0 Å². The van der Waals surface area contributed by atoms with E-state index in [1.54, 1.807) is 0 Å². The molecule has 0 aliphatic carbocycles. The lowest BCUT2D eigenvalue weighted by atomic mass is 9.96. The minimum Gasteiger partial charge on any atom is -0.454 e. The van der Waals surface area contributed by atoms with Crippen LogP contribution in [0.5, 0.6) is 0 Å². The summed E-state index contributed by atoms with van der Waals surface area (Å²) in [5, 5.41) is 14.3. The van der Waals surface area contributed by atoms with Crippen LogP contribution >= 0.6 is 0 Å². The molecule has 0 radical (unpaired) electrons. The maximum Gasteiger partial charge on any atom is 0.161 e. The van der Waals surface area contributed by atoms with Crippen molar-refractivity contribution in [1.82, 2.24) is 27.4 Å². The van der Waals surface area contributed by atoms with Gasteiger partial charge in [0.15, 0.2) is 16.7 Å². The molecule has 0 saturated carbocycles. The third kappa shape index (κ3) is 13.2. The lowest BCUT2D eigenvalue weighted by molar-refractivity contribution is 0.672. The molecule has 0 aliphatic rings. The Hall–Kier alpha value is -19.0. The molecule has 0 unspecified atom stereocenters. The highest BCUT2D eigenvalue weighted by molar-refractivity contribution is 6.22. The first-order chi connectivity index (χ1) is 70.0. The van der Waals surface area contributed by atoms with Gasteiger partial charge in [0, 0.05) is 104 Å². The molecule has 0 N–H and O–H groups in total. The van der Waals surface area contributed by atoms with Gasteiger partial charge in [-0.2, -0.15) is 0 Å². The lowest BCUT2D eigenvalue weighted by Crippen LogP contribution is -1.95. The molecule has 9 heterocycles. The largest absolute Gasteiger partial charge is 0.454 e. The molecule has 0 aliphatic heterocycles. The Balaban J connectivity index is 0.000000104. The van der Waals surface area contributed by atoms with Gasteiger partial charge in [-0.05, 0) is 243 Å². The van der Waals surface area contributed by atoms with E-state index in [1.165, 1.54) is 116 Å². The predicted molar refractivity (Wildman–Crippen MR) is 587 cm³/mol. The van der Waals surface area contributed by atoms with Crippen LogP contribution in [0.15, 0.2) is 523 Å². The topological polar surface area (TPSA) is 69.0 Å². The van der Waals surface area contributed by atoms with Crippen molar-refractivity contribution in [2.75, 3.05) is 0 Å². The van der Waals surface area contributed by atoms with Gasteiger partial charge in [0.2, 0.25) is 0 Å². The maximum atomic E-state index is 6.63. The Morgan fingerprint density at radius 1 is 0.128 bits per heavy atom. The van der Waals surface area contributed by atoms with Gasteiger partial charge in [-0.1, -0.05) is 328 Å². The molecule has 660 valence electrons. The Morgan fingerprint density at radius 3 is 0.830 bits per heavy atom. The molecule has 0 amide bonds. The highest BCUT2D eigenvalue weighted by atomic mass is 16.3. The summed E-state index contributed by atoms with van der Waals surface area (Å²) in [5.74, 6) is 0. The van der Waals surface area contributed by atoms with Gasteiger partial charge in [0.05, 0.1) is 49.7 Å². The first-order valence-corrected chi connectivity index (χ1v) is 48.1. The van der Waals surface area contributed by atoms with Crippen molar-refractivity contribution < 1.29 is 13.3 Å². The average Bonchev–Trinajstić information content (AvgIpc) is 1.64. The number of benzene rings is 21. The van der Waals surface area contributed by atoms with Crippen molar-refractivity contribution in [3.8, 4) is 101 Å². The van der Waals surface area contributed by atoms with E-state index < -0.39 is 0 Å². The first kappa shape index (κ1) is 80.5. The fourth-order valence-electron chi connectivity index (χ4n) is 22.2. The number of para-hydroxylation sites is 13. The molecular weight excluding hydrogens is 1720 g/mol. The molecule has 0 atom stereocenters. The standard InChI is InChI=1S/3C44H28N2O/c1-3-12-32(13-4-1)45-39-20-9-7-16-35(39)36-19-11-18-34(42(36)45)30-24-22-29(23-25-30)31-26-27-41-38(28-31)43-44(47-41)37-17-8-10-21-40(37)46(43)33-14-5-2-6-15-33;1-3-12-32(13-4-1)45-38-19-9-7-16-35(38)42-34(18-11-21-40(42)45)30-24-22-29(23-25-30)31-26-27-37-41(28-31)47-44-36-17-8-10-20-39(36)46(43(37)44)33-14-5-2-6-15-33;1-3-11-33(12-4-1)45-39-17-9-7-15-35(39)38-27-31(24-26-41(38)45)29-19-21-30(22-20-29)32-23-25-37-42(28-32)47-44-36-16-8-10-18-40(36)46(43(37)44)34-13-5-2-6-14-34/h3*1-28H. The Kier molecular flexibility index (Phi) is 18.8. The monoisotopic (exact) mass is 1800 g/mol. The lowest BCUT2D eigenvalue weighted by Gasteiger charge is -2.12. The van der Waals surface area contributed by atoms with Crippen molar-refractivity contribution >= 4 is 164 Å². The molecular formula is C132H84N6O3. The Morgan fingerprint density at radius 2 is 0.390 bits per heavy atom. The van der Waals surface area contributed by atoms with E-state index in [0.29, 0.717) is 0 Å². The summed E-state index contributed by atoms with van der Waals surface area (Å²) < 4.78 is 33.9. The number of nitrogens with zero attached hydrogens (tertiary/aromatic N) is 6. The molecule has 141 heavy (non-hydrogen) atoms. The highest BCUT2D eigenvalue weighted by Crippen LogP contribution is 2.48. The van der Waals surface area contributed by atoms with Gasteiger partial charge in [0.25, 0.3) is 0 Å². The second kappa shape index (κ2) is 33.0. The van der Waals surface area contributed by atoms with Crippen LogP contribution in [0.1, 0.15) is 0 Å². The first-order valence-electron chi connectivity index (χ1n) is 48.1. The molecule has 9 heteroatoms. The van der Waals surface area contributed by atoms with Gasteiger partial charge >= 0.3 is 0 Å². The van der Waals surface area contributed by atoms with E-state index in [9.17, 15) is 0 Å². The van der Waals surface area contributed by atoms with E-state index in [0.717, 1.165) is 149 Å². The smallest absolute Gasteiger partial charge is 0.161 e. The number of fused-ring (bicyclic) bond motifs is 24. The second-order valence-corrected chi connectivity index (χ2v) is 36.5. The average molecular weight is 1800 g/mol. The summed E-state index contributed by atoms with van der Waals surface area (Å²) in [5.41, 5.74) is 40.6. The summed E-state index contributed by atoms with van der Waals surface area (Å²) in [6.45, 7) is 0. The van der Waals surface area contributed by atoms with E-state index >= 15 is 0 Å². The van der Waals surface area contributed by atoms with Gasteiger partial charge in [-0.25, -0.2) is 0 Å². The number of aromatic nitrogens is 6. The normalized spacial score (nSPS) is 11.8. The summed E-state index contributed by atoms with van der Waals surface area (Å²) in [7, 11) is 0. The molecule has 0 saturated heterocycles. The molecule has 30 rings (SSSR count). The molecule has 30 aromatic rings. The van der Waals surface area contributed by atoms with Crippen LogP contribution < -0.4 is 0 Å². The third-order valence-electron chi connectivity index (χ3n) is 28.6. The van der Waals surface area contributed by atoms with Crippen LogP contribution in [0.4, 0.5) is 0 Å². The van der Waals surface area contributed by atoms with Crippen LogP contribution in [0, 0.1) is 0 Å². The second-order valence-electron chi connectivity index (χ2n) is 36.5. The van der Waals surface area contributed by atoms with Crippen LogP contribution in [-0.4, -0.2) is 27.4 Å². The van der Waals surface area contributed by atoms with E-state index in [1.807, 2.05) is 0 Å². The van der Waals surface area contributed by atoms with E-state index in [4.69, 9.17) is 13.3 Å². The van der Waals surface area contributed by atoms with Crippen molar-refractivity contribution in [2.24, 2.45) is 0 Å². The molecule has 0 spiro atoms. The predicted octanol–water partition coefficient (Wildman–Crippen LogP) is 35.9. The number of hydrogen-bond acceptors (Lipinski definition) is 3. The minimum atomic E-state index is 0.894. The zero-order valence-electron chi connectivity index (χ0n) is 76.4. The fourth-order valence-corrected chi connectivity index (χ4v) is 22.2. The molecule has 0 fully saturated rings. The summed E-state index contributed by atoms with van der Waals surface area (Å²) >= 11 is 0. The van der Waals surface area contributed by atoms with Crippen LogP contribution in [0.3, 0.4) is 0 Å². The van der Waals surface area contributed by atoms with Crippen molar-refractivity contribution in [3.05, 3.63) is 510 Å². The summed E-state index contributed by atoms with van der Waals surface area (Å²) in [6.07, 6.45) is 0. The third-order valence-corrected chi connectivity index (χ3v) is 28.6. The number of rotatable bonds is 12. The molecule has 9 aromatic heterocycles. The van der Waals surface area contributed by atoms with Crippen molar-refractivity contribution in [1.29, 1.82) is 0 Å². The van der Waals surface area contributed by atoms with Gasteiger partial charge in [0.1, 0.15) is 33.3 Å². The minimum absolute atomic E-state index is 0.894. The Bertz CT molecular complexity index is 10100. The fraction of sp³-hybridized carbons (Fsp3) is 0. The van der Waals surface area contributed by atoms with Crippen LogP contribution in [0.2, 0.25) is 0 Å². The zero-order chi connectivity index (χ0) is 92.7. The van der Waals surface area contributed by atoms with Gasteiger partial charge in [-0.15, -0.1) is 0 Å². The molecule has 0 bridgehead atoms. The summed E-state index contributed by atoms with van der Waals surface area (Å²) in [4.78, 5) is 0. The molecule has 9 nitrogen and oxygen atoms in total. The number of hydrogen-bond donors (Lipinski definition) is 0. The highest BCUT2D eigenvalue weighted by Gasteiger charge is 2.27. The number of furan rings is 3. The van der Waals surface area contributed by atoms with Gasteiger partial charge < -0.3 is 40.7 Å².